The summed E-state index contributed by atoms with van der Waals surface area (Å²) in [5.41, 5.74) is 2.90. The zero-order valence-corrected chi connectivity index (χ0v) is 32.4. The maximum absolute atomic E-state index is 14.0. The lowest BCUT2D eigenvalue weighted by atomic mass is 9.33. The van der Waals surface area contributed by atoms with E-state index < -0.39 is 17.4 Å². The molecule has 1 heterocycles. The molecular formula is C43H64N2O5. The number of esters is 1. The number of carbonyl (C=O) groups is 3. The van der Waals surface area contributed by atoms with Gasteiger partial charge in [-0.1, -0.05) is 60.1 Å². The molecule has 1 aromatic heterocycles. The van der Waals surface area contributed by atoms with Gasteiger partial charge >= 0.3 is 11.9 Å². The second-order valence-electron chi connectivity index (χ2n) is 19.5. The molecule has 4 fully saturated rings. The molecule has 0 saturated heterocycles. The molecule has 0 radical (unpaired) electrons. The largest absolute Gasteiger partial charge is 0.481 e. The number of pyridine rings is 1. The van der Waals surface area contributed by atoms with Gasteiger partial charge in [0.15, 0.2) is 5.78 Å². The fourth-order valence-electron chi connectivity index (χ4n) is 12.9. The van der Waals surface area contributed by atoms with Crippen LogP contribution in [0.4, 0.5) is 0 Å². The quantitative estimate of drug-likeness (QED) is 0.187. The monoisotopic (exact) mass is 688 g/mol. The van der Waals surface area contributed by atoms with E-state index in [-0.39, 0.29) is 45.5 Å². The molecule has 0 spiro atoms. The van der Waals surface area contributed by atoms with Crippen molar-refractivity contribution < 1.29 is 24.2 Å². The third-order valence-electron chi connectivity index (χ3n) is 15.8. The Balaban J connectivity index is 1.24. The smallest absolute Gasteiger partial charge is 0.309 e. The van der Waals surface area contributed by atoms with Crippen molar-refractivity contribution in [3.05, 3.63) is 41.2 Å². The Bertz CT molecular complexity index is 1530. The van der Waals surface area contributed by atoms with Crippen molar-refractivity contribution in [3.8, 4) is 0 Å². The second kappa shape index (κ2) is 12.8. The van der Waals surface area contributed by atoms with E-state index in [0.717, 1.165) is 63.6 Å². The Labute approximate surface area is 301 Å². The average molecular weight is 689 g/mol. The van der Waals surface area contributed by atoms with Crippen LogP contribution in [0.3, 0.4) is 0 Å². The number of carboxylic acids is 1. The molecule has 4 saturated carbocycles. The normalized spacial score (nSPS) is 37.8. The summed E-state index contributed by atoms with van der Waals surface area (Å²) in [5.74, 6) is 0.676. The first-order chi connectivity index (χ1) is 23.3. The zero-order valence-electron chi connectivity index (χ0n) is 32.4. The Kier molecular flexibility index (Phi) is 9.56. The molecule has 50 heavy (non-hydrogen) atoms. The molecule has 0 aromatic carbocycles. The van der Waals surface area contributed by atoms with Crippen molar-refractivity contribution in [1.82, 2.24) is 10.3 Å². The van der Waals surface area contributed by atoms with Crippen molar-refractivity contribution in [3.63, 3.8) is 0 Å². The van der Waals surface area contributed by atoms with E-state index in [1.54, 1.807) is 19.4 Å². The number of hydrogen-bond donors (Lipinski definition) is 2. The molecule has 1 aromatic rings. The number of carboxylic acid groups (broad SMARTS) is 1. The number of allylic oxidation sites excluding steroid dienone is 2. The third kappa shape index (κ3) is 5.80. The second-order valence-corrected chi connectivity index (χ2v) is 19.5. The summed E-state index contributed by atoms with van der Waals surface area (Å²) < 4.78 is 6.17. The van der Waals surface area contributed by atoms with E-state index in [2.05, 4.69) is 64.8 Å². The lowest BCUT2D eigenvalue weighted by molar-refractivity contribution is -0.233. The summed E-state index contributed by atoms with van der Waals surface area (Å²) in [5, 5.41) is 13.3. The van der Waals surface area contributed by atoms with Gasteiger partial charge in [0.25, 0.3) is 0 Å². The minimum Gasteiger partial charge on any atom is -0.481 e. The summed E-state index contributed by atoms with van der Waals surface area (Å²) >= 11 is 0. The van der Waals surface area contributed by atoms with Crippen molar-refractivity contribution in [1.29, 1.82) is 0 Å². The van der Waals surface area contributed by atoms with E-state index in [9.17, 15) is 19.5 Å². The van der Waals surface area contributed by atoms with E-state index in [0.29, 0.717) is 30.0 Å². The Hall–Kier alpha value is -2.54. The van der Waals surface area contributed by atoms with Crippen molar-refractivity contribution in [2.45, 2.75) is 146 Å². The third-order valence-corrected chi connectivity index (χ3v) is 15.8. The van der Waals surface area contributed by atoms with Gasteiger partial charge in [0, 0.05) is 36.2 Å². The number of ether oxygens (including phenoxy) is 1. The Morgan fingerprint density at radius 2 is 1.74 bits per heavy atom. The minimum atomic E-state index is -1.14. The van der Waals surface area contributed by atoms with Crippen LogP contribution in [0.25, 0.3) is 0 Å². The molecule has 0 aliphatic heterocycles. The average Bonchev–Trinajstić information content (AvgIpc) is 3.33. The fourth-order valence-corrected chi connectivity index (χ4v) is 12.9. The number of fused-ring (bicyclic) bond motifs is 7. The van der Waals surface area contributed by atoms with Crippen molar-refractivity contribution in [2.24, 2.45) is 56.2 Å². The highest BCUT2D eigenvalue weighted by Crippen LogP contribution is 2.77. The Morgan fingerprint density at radius 3 is 2.40 bits per heavy atom. The van der Waals surface area contributed by atoms with Crippen LogP contribution in [-0.4, -0.2) is 40.5 Å². The van der Waals surface area contributed by atoms with Gasteiger partial charge in [-0.2, -0.15) is 0 Å². The Morgan fingerprint density at radius 1 is 1.00 bits per heavy atom. The highest BCUT2D eigenvalue weighted by Gasteiger charge is 2.70. The number of aliphatic carboxylic acids is 1. The number of ketones is 1. The van der Waals surface area contributed by atoms with Crippen LogP contribution in [-0.2, 0) is 25.7 Å². The predicted molar refractivity (Wildman–Crippen MR) is 196 cm³/mol. The van der Waals surface area contributed by atoms with Crippen molar-refractivity contribution in [2.75, 3.05) is 6.54 Å². The highest BCUT2D eigenvalue weighted by atomic mass is 16.5. The van der Waals surface area contributed by atoms with Gasteiger partial charge in [-0.25, -0.2) is 0 Å². The number of aromatic nitrogens is 1. The summed E-state index contributed by atoms with van der Waals surface area (Å²) in [6, 6.07) is 4.10. The summed E-state index contributed by atoms with van der Waals surface area (Å²) in [6.07, 6.45) is 13.8. The molecule has 8 atom stereocenters. The lowest BCUT2D eigenvalue weighted by Gasteiger charge is -2.72. The molecule has 7 heteroatoms. The van der Waals surface area contributed by atoms with Gasteiger partial charge in [-0.15, -0.1) is 0 Å². The van der Waals surface area contributed by atoms with E-state index in [1.807, 2.05) is 18.5 Å². The van der Waals surface area contributed by atoms with Gasteiger partial charge in [-0.05, 0) is 135 Å². The van der Waals surface area contributed by atoms with Crippen molar-refractivity contribution >= 4 is 17.7 Å². The van der Waals surface area contributed by atoms with Gasteiger partial charge < -0.3 is 15.2 Å². The molecule has 6 rings (SSSR count). The molecule has 0 amide bonds. The van der Waals surface area contributed by atoms with Crippen LogP contribution in [0, 0.1) is 56.2 Å². The number of nitrogens with one attached hydrogen (secondary N) is 1. The highest BCUT2D eigenvalue weighted by molar-refractivity contribution is 6.00. The summed E-state index contributed by atoms with van der Waals surface area (Å²) in [7, 11) is 0. The van der Waals surface area contributed by atoms with Crippen LogP contribution >= 0.6 is 0 Å². The predicted octanol–water partition coefficient (Wildman–Crippen LogP) is 8.95. The maximum atomic E-state index is 14.0. The molecular weight excluding hydrogens is 624 g/mol. The van der Waals surface area contributed by atoms with E-state index in [1.165, 1.54) is 18.4 Å². The lowest BCUT2D eigenvalue weighted by Crippen LogP contribution is -2.65. The fraction of sp³-hybridized carbons (Fsp3) is 0.767. The minimum absolute atomic E-state index is 0.0355. The van der Waals surface area contributed by atoms with Crippen LogP contribution in [0.1, 0.15) is 139 Å². The molecule has 2 N–H and O–H groups in total. The summed E-state index contributed by atoms with van der Waals surface area (Å²) in [4.78, 5) is 43.0. The molecule has 0 bridgehead atoms. The van der Waals surface area contributed by atoms with E-state index >= 15 is 0 Å². The van der Waals surface area contributed by atoms with Crippen LogP contribution in [0.2, 0.25) is 0 Å². The molecule has 1 unspecified atom stereocenters. The molecule has 5 aliphatic carbocycles. The number of Topliss-reactive ketones (excluding diaryl/α,β-unsaturated/α-hetero) is 1. The molecule has 5 aliphatic rings. The maximum Gasteiger partial charge on any atom is 0.309 e. The first-order valence-electron chi connectivity index (χ1n) is 19.6. The SMILES string of the molecule is CC(C)C1=C2[C@H]3CC[C@@H]4[C@@]5(C)CC[C@H](OC(=O)CC(C)(C)C(=O)O)C(C)(C)[C@@H]5CC[C@@]4(C)[C@]3(C)CCC2(CCNCc2cccnc2)CC1=O. The number of nitrogens with zero attached hydrogens (tertiary/aromatic N) is 1. The van der Waals surface area contributed by atoms with Crippen LogP contribution in [0.5, 0.6) is 0 Å². The van der Waals surface area contributed by atoms with E-state index in [4.69, 9.17) is 4.74 Å². The van der Waals surface area contributed by atoms with Crippen LogP contribution < -0.4 is 5.32 Å². The van der Waals surface area contributed by atoms with Crippen LogP contribution in [0.15, 0.2) is 35.7 Å². The number of hydrogen-bond acceptors (Lipinski definition) is 6. The van der Waals surface area contributed by atoms with Gasteiger partial charge in [0.1, 0.15) is 6.10 Å². The summed E-state index contributed by atoms with van der Waals surface area (Å²) in [6.45, 7) is 21.7. The van der Waals surface area contributed by atoms with Gasteiger partial charge in [0.2, 0.25) is 0 Å². The first-order valence-corrected chi connectivity index (χ1v) is 19.6. The molecule has 276 valence electrons. The number of rotatable bonds is 10. The molecule has 7 nitrogen and oxygen atoms in total. The topological polar surface area (TPSA) is 106 Å². The first kappa shape index (κ1) is 37.2. The van der Waals surface area contributed by atoms with Gasteiger partial charge in [0.05, 0.1) is 11.8 Å². The standard InChI is InChI=1S/C43H64N2O5/c1-27(2)35-30(46)23-43(20-22-45-26-28-11-10-21-44-25-28)19-18-41(8)29(36(35)43)12-13-32-40(7)16-15-33(50-34(47)24-38(3,4)37(48)49)39(5,6)31(40)14-17-42(32,41)9/h10-11,21,25,27,29,31-33,45H,12-20,22-24,26H2,1-9H3,(H,48,49)/t29-,31+,32-,33+,40+,41-,42-,43?/m1/s1. The number of carbonyl (C=O) groups excluding carboxylic acids is 2. The van der Waals surface area contributed by atoms with Gasteiger partial charge in [-0.3, -0.25) is 19.4 Å². The zero-order chi connectivity index (χ0) is 36.5.